The molecule has 1 rings (SSSR count). The molecular formula is C14H21BrFN. The summed E-state index contributed by atoms with van der Waals surface area (Å²) in [4.78, 5) is 0. The lowest BCUT2D eigenvalue weighted by atomic mass is 10.1. The van der Waals surface area contributed by atoms with Gasteiger partial charge in [0.15, 0.2) is 0 Å². The van der Waals surface area contributed by atoms with Gasteiger partial charge in [-0.05, 0) is 47.0 Å². The van der Waals surface area contributed by atoms with Crippen LogP contribution in [0, 0.1) is 5.82 Å². The Morgan fingerprint density at radius 3 is 2.76 bits per heavy atom. The fourth-order valence-electron chi connectivity index (χ4n) is 1.74. The lowest BCUT2D eigenvalue weighted by Gasteiger charge is -2.13. The molecular weight excluding hydrogens is 281 g/mol. The standard InChI is InChI=1S/C14H21BrFN/c1-3-4-5-6-11(2)17-10-12-7-8-14(16)13(15)9-12/h7-9,11,17H,3-6,10H2,1-2H3. The second-order valence-electron chi connectivity index (χ2n) is 4.53. The predicted molar refractivity (Wildman–Crippen MR) is 74.5 cm³/mol. The number of rotatable bonds is 7. The van der Waals surface area contributed by atoms with Gasteiger partial charge in [-0.3, -0.25) is 0 Å². The van der Waals surface area contributed by atoms with Gasteiger partial charge < -0.3 is 5.32 Å². The summed E-state index contributed by atoms with van der Waals surface area (Å²) in [6.45, 7) is 5.22. The van der Waals surface area contributed by atoms with Crippen LogP contribution >= 0.6 is 15.9 Å². The van der Waals surface area contributed by atoms with Gasteiger partial charge in [0, 0.05) is 12.6 Å². The third-order valence-electron chi connectivity index (χ3n) is 2.88. The molecule has 0 aliphatic carbocycles. The van der Waals surface area contributed by atoms with Gasteiger partial charge in [-0.15, -0.1) is 0 Å². The van der Waals surface area contributed by atoms with Crippen LogP contribution in [0.5, 0.6) is 0 Å². The molecule has 0 radical (unpaired) electrons. The summed E-state index contributed by atoms with van der Waals surface area (Å²) >= 11 is 3.20. The Kier molecular flexibility index (Phi) is 6.75. The average Bonchev–Trinajstić information content (AvgIpc) is 2.31. The third kappa shape index (κ3) is 5.64. The average molecular weight is 302 g/mol. The molecule has 1 aromatic carbocycles. The molecule has 0 spiro atoms. The number of unbranched alkanes of at least 4 members (excludes halogenated alkanes) is 2. The number of hydrogen-bond acceptors (Lipinski definition) is 1. The molecule has 1 atom stereocenters. The smallest absolute Gasteiger partial charge is 0.137 e. The lowest BCUT2D eigenvalue weighted by Crippen LogP contribution is -2.25. The Morgan fingerprint density at radius 2 is 2.12 bits per heavy atom. The van der Waals surface area contributed by atoms with Crippen molar-refractivity contribution in [1.29, 1.82) is 0 Å². The highest BCUT2D eigenvalue weighted by Gasteiger charge is 2.03. The molecule has 0 heterocycles. The van der Waals surface area contributed by atoms with Crippen molar-refractivity contribution in [2.24, 2.45) is 0 Å². The van der Waals surface area contributed by atoms with E-state index in [4.69, 9.17) is 0 Å². The van der Waals surface area contributed by atoms with E-state index >= 15 is 0 Å². The highest BCUT2D eigenvalue weighted by Crippen LogP contribution is 2.16. The van der Waals surface area contributed by atoms with Crippen molar-refractivity contribution in [2.75, 3.05) is 0 Å². The Balaban J connectivity index is 2.31. The van der Waals surface area contributed by atoms with E-state index in [-0.39, 0.29) is 5.82 Å². The van der Waals surface area contributed by atoms with E-state index < -0.39 is 0 Å². The summed E-state index contributed by atoms with van der Waals surface area (Å²) in [5.74, 6) is -0.204. The van der Waals surface area contributed by atoms with Crippen molar-refractivity contribution in [3.63, 3.8) is 0 Å². The third-order valence-corrected chi connectivity index (χ3v) is 3.49. The fraction of sp³-hybridized carbons (Fsp3) is 0.571. The van der Waals surface area contributed by atoms with Crippen LogP contribution in [-0.2, 0) is 6.54 Å². The monoisotopic (exact) mass is 301 g/mol. The molecule has 0 saturated heterocycles. The molecule has 96 valence electrons. The van der Waals surface area contributed by atoms with E-state index in [1.54, 1.807) is 0 Å². The van der Waals surface area contributed by atoms with Crippen LogP contribution in [0.1, 0.15) is 45.1 Å². The zero-order valence-corrected chi connectivity index (χ0v) is 12.2. The van der Waals surface area contributed by atoms with Gasteiger partial charge in [0.2, 0.25) is 0 Å². The van der Waals surface area contributed by atoms with Crippen LogP contribution in [0.15, 0.2) is 22.7 Å². The summed E-state index contributed by atoms with van der Waals surface area (Å²) < 4.78 is 13.6. The fourth-order valence-corrected chi connectivity index (χ4v) is 2.17. The highest BCUT2D eigenvalue weighted by molar-refractivity contribution is 9.10. The first-order valence-corrected chi connectivity index (χ1v) is 7.10. The Morgan fingerprint density at radius 1 is 1.35 bits per heavy atom. The highest BCUT2D eigenvalue weighted by atomic mass is 79.9. The topological polar surface area (TPSA) is 12.0 Å². The summed E-state index contributed by atoms with van der Waals surface area (Å²) in [6, 6.07) is 5.68. The van der Waals surface area contributed by atoms with Gasteiger partial charge in [0.1, 0.15) is 5.82 Å². The molecule has 0 saturated carbocycles. The molecule has 1 nitrogen and oxygen atoms in total. The van der Waals surface area contributed by atoms with Gasteiger partial charge in [0.05, 0.1) is 4.47 Å². The molecule has 0 bridgehead atoms. The van der Waals surface area contributed by atoms with Gasteiger partial charge in [-0.25, -0.2) is 4.39 Å². The molecule has 1 aromatic rings. The van der Waals surface area contributed by atoms with Gasteiger partial charge in [-0.2, -0.15) is 0 Å². The van der Waals surface area contributed by atoms with Gasteiger partial charge in [-0.1, -0.05) is 32.3 Å². The predicted octanol–water partition coefficient (Wildman–Crippen LogP) is 4.65. The zero-order chi connectivity index (χ0) is 12.7. The van der Waals surface area contributed by atoms with Crippen LogP contribution in [-0.4, -0.2) is 6.04 Å². The molecule has 17 heavy (non-hydrogen) atoms. The second kappa shape index (κ2) is 7.83. The Labute approximate surface area is 112 Å². The van der Waals surface area contributed by atoms with Crippen molar-refractivity contribution in [2.45, 2.75) is 52.1 Å². The van der Waals surface area contributed by atoms with E-state index in [0.29, 0.717) is 10.5 Å². The normalized spacial score (nSPS) is 12.7. The maximum atomic E-state index is 13.0. The summed E-state index contributed by atoms with van der Waals surface area (Å²) in [5.41, 5.74) is 1.11. The van der Waals surface area contributed by atoms with Gasteiger partial charge in [0.25, 0.3) is 0 Å². The van der Waals surface area contributed by atoms with Crippen molar-refractivity contribution in [3.05, 3.63) is 34.1 Å². The van der Waals surface area contributed by atoms with Crippen LogP contribution in [0.4, 0.5) is 4.39 Å². The van der Waals surface area contributed by atoms with Crippen molar-refractivity contribution in [1.82, 2.24) is 5.32 Å². The molecule has 0 amide bonds. The van der Waals surface area contributed by atoms with Crippen molar-refractivity contribution in [3.8, 4) is 0 Å². The molecule has 0 fully saturated rings. The first-order chi connectivity index (χ1) is 8.13. The minimum atomic E-state index is -0.204. The van der Waals surface area contributed by atoms with Crippen LogP contribution < -0.4 is 5.32 Å². The largest absolute Gasteiger partial charge is 0.310 e. The summed E-state index contributed by atoms with van der Waals surface area (Å²) in [6.07, 6.45) is 5.04. The molecule has 1 N–H and O–H groups in total. The SMILES string of the molecule is CCCCCC(C)NCc1ccc(F)c(Br)c1. The number of nitrogens with one attached hydrogen (secondary N) is 1. The summed E-state index contributed by atoms with van der Waals surface area (Å²) in [7, 11) is 0. The first kappa shape index (κ1) is 14.7. The maximum absolute atomic E-state index is 13.0. The van der Waals surface area contributed by atoms with Crippen molar-refractivity contribution < 1.29 is 4.39 Å². The van der Waals surface area contributed by atoms with Crippen LogP contribution in [0.2, 0.25) is 0 Å². The number of hydrogen-bond donors (Lipinski definition) is 1. The van der Waals surface area contributed by atoms with E-state index in [2.05, 4.69) is 35.1 Å². The minimum Gasteiger partial charge on any atom is -0.310 e. The van der Waals surface area contributed by atoms with E-state index in [9.17, 15) is 4.39 Å². The number of benzene rings is 1. The van der Waals surface area contributed by atoms with Crippen molar-refractivity contribution >= 4 is 15.9 Å². The summed E-state index contributed by atoms with van der Waals surface area (Å²) in [5, 5.41) is 3.46. The van der Waals surface area contributed by atoms with Crippen LogP contribution in [0.25, 0.3) is 0 Å². The van der Waals surface area contributed by atoms with E-state index in [1.165, 1.54) is 31.7 Å². The molecule has 0 aliphatic heterocycles. The quantitative estimate of drug-likeness (QED) is 0.723. The maximum Gasteiger partial charge on any atom is 0.137 e. The first-order valence-electron chi connectivity index (χ1n) is 6.30. The molecule has 3 heteroatoms. The molecule has 1 unspecified atom stereocenters. The van der Waals surface area contributed by atoms with Gasteiger partial charge >= 0.3 is 0 Å². The minimum absolute atomic E-state index is 0.204. The second-order valence-corrected chi connectivity index (χ2v) is 5.38. The van der Waals surface area contributed by atoms with E-state index in [0.717, 1.165) is 12.1 Å². The number of halogens is 2. The Bertz CT molecular complexity index is 341. The Hall–Kier alpha value is -0.410. The van der Waals surface area contributed by atoms with Crippen LogP contribution in [0.3, 0.4) is 0 Å². The lowest BCUT2D eigenvalue weighted by molar-refractivity contribution is 0.487. The zero-order valence-electron chi connectivity index (χ0n) is 10.6. The molecule has 0 aromatic heterocycles. The molecule has 0 aliphatic rings. The van der Waals surface area contributed by atoms with E-state index in [1.807, 2.05) is 12.1 Å².